The highest BCUT2D eigenvalue weighted by Gasteiger charge is 2.16. The molecule has 3 aromatic rings. The monoisotopic (exact) mass is 352 g/mol. The first-order valence-corrected chi connectivity index (χ1v) is 8.22. The molecule has 0 unspecified atom stereocenters. The zero-order chi connectivity index (χ0) is 18.4. The normalized spacial score (nSPS) is 10.4. The second kappa shape index (κ2) is 8.15. The molecule has 0 aliphatic heterocycles. The summed E-state index contributed by atoms with van der Waals surface area (Å²) in [7, 11) is 1.59. The molecule has 0 spiro atoms. The summed E-state index contributed by atoms with van der Waals surface area (Å²) in [5, 5.41) is 11.4. The van der Waals surface area contributed by atoms with Crippen LogP contribution in [0.4, 0.5) is 0 Å². The molecule has 7 heteroatoms. The van der Waals surface area contributed by atoms with Crippen LogP contribution < -0.4 is 14.8 Å². The number of nitrogens with one attached hydrogen (secondary N) is 1. The van der Waals surface area contributed by atoms with Crippen LogP contribution in [0.1, 0.15) is 16.2 Å². The molecule has 134 valence electrons. The van der Waals surface area contributed by atoms with Crippen molar-refractivity contribution in [1.82, 2.24) is 20.3 Å². The molecule has 0 saturated carbocycles. The van der Waals surface area contributed by atoms with Crippen LogP contribution in [0.3, 0.4) is 0 Å². The highest BCUT2D eigenvalue weighted by atomic mass is 16.5. The number of nitrogens with zero attached hydrogens (tertiary/aromatic N) is 3. The summed E-state index contributed by atoms with van der Waals surface area (Å²) < 4.78 is 10.9. The number of para-hydroxylation sites is 3. The Labute approximate surface area is 151 Å². The average molecular weight is 352 g/mol. The van der Waals surface area contributed by atoms with Crippen LogP contribution in [0.15, 0.2) is 54.6 Å². The summed E-state index contributed by atoms with van der Waals surface area (Å²) in [6.07, 6.45) is 0. The molecule has 0 aliphatic carbocycles. The van der Waals surface area contributed by atoms with Crippen molar-refractivity contribution >= 4 is 5.91 Å². The number of carbonyl (C=O) groups excluding carboxylic acids is 1. The van der Waals surface area contributed by atoms with E-state index in [2.05, 4.69) is 15.5 Å². The Morgan fingerprint density at radius 3 is 2.46 bits per heavy atom. The van der Waals surface area contributed by atoms with E-state index in [9.17, 15) is 4.79 Å². The van der Waals surface area contributed by atoms with Crippen molar-refractivity contribution in [3.63, 3.8) is 0 Å². The predicted molar refractivity (Wildman–Crippen MR) is 96.9 cm³/mol. The number of benzene rings is 2. The van der Waals surface area contributed by atoms with Crippen LogP contribution in [0.25, 0.3) is 5.69 Å². The number of hydrogen-bond donors (Lipinski definition) is 1. The molecule has 0 aliphatic rings. The van der Waals surface area contributed by atoms with Gasteiger partial charge in [-0.25, -0.2) is 0 Å². The summed E-state index contributed by atoms with van der Waals surface area (Å²) in [5.74, 6) is 1.00. The highest BCUT2D eigenvalue weighted by Crippen LogP contribution is 2.25. The van der Waals surface area contributed by atoms with Crippen molar-refractivity contribution in [2.45, 2.75) is 6.92 Å². The fourth-order valence-electron chi connectivity index (χ4n) is 2.41. The Balaban J connectivity index is 1.56. The summed E-state index contributed by atoms with van der Waals surface area (Å²) in [6.45, 7) is 2.42. The van der Waals surface area contributed by atoms with E-state index in [1.54, 1.807) is 14.0 Å². The van der Waals surface area contributed by atoms with E-state index in [4.69, 9.17) is 9.47 Å². The minimum atomic E-state index is -0.284. The van der Waals surface area contributed by atoms with Gasteiger partial charge in [-0.15, -0.1) is 5.10 Å². The maximum Gasteiger partial charge on any atom is 0.273 e. The molecular formula is C19H20N4O3. The van der Waals surface area contributed by atoms with E-state index in [1.807, 2.05) is 54.6 Å². The summed E-state index contributed by atoms with van der Waals surface area (Å²) in [6, 6.07) is 16.8. The second-order valence-corrected chi connectivity index (χ2v) is 5.51. The maximum atomic E-state index is 12.3. The lowest BCUT2D eigenvalue weighted by Gasteiger charge is -2.10. The van der Waals surface area contributed by atoms with Crippen molar-refractivity contribution in [2.24, 2.45) is 0 Å². The first-order valence-electron chi connectivity index (χ1n) is 8.22. The van der Waals surface area contributed by atoms with Crippen molar-refractivity contribution < 1.29 is 14.3 Å². The zero-order valence-electron chi connectivity index (χ0n) is 14.7. The number of carbonyl (C=O) groups is 1. The molecule has 3 rings (SSSR count). The number of amides is 1. The topological polar surface area (TPSA) is 78.3 Å². The van der Waals surface area contributed by atoms with Gasteiger partial charge in [0.1, 0.15) is 6.61 Å². The van der Waals surface area contributed by atoms with Crippen LogP contribution in [0.2, 0.25) is 0 Å². The van der Waals surface area contributed by atoms with Crippen molar-refractivity contribution in [1.29, 1.82) is 0 Å². The number of hydrogen-bond acceptors (Lipinski definition) is 5. The maximum absolute atomic E-state index is 12.3. The molecule has 1 amide bonds. The van der Waals surface area contributed by atoms with Gasteiger partial charge in [0.2, 0.25) is 0 Å². The van der Waals surface area contributed by atoms with Gasteiger partial charge in [-0.2, -0.15) is 9.90 Å². The van der Waals surface area contributed by atoms with Crippen LogP contribution >= 0.6 is 0 Å². The van der Waals surface area contributed by atoms with Gasteiger partial charge in [-0.1, -0.05) is 30.3 Å². The number of aromatic nitrogens is 3. The third-order valence-electron chi connectivity index (χ3n) is 3.70. The standard InChI is InChI=1S/C19H20N4O3/c1-14-18(22-23(21-14)15-8-4-3-5-9-15)19(24)20-12-13-26-17-11-7-6-10-16(17)25-2/h3-11H,12-13H2,1-2H3,(H,20,24). The highest BCUT2D eigenvalue weighted by molar-refractivity contribution is 5.93. The second-order valence-electron chi connectivity index (χ2n) is 5.51. The Morgan fingerprint density at radius 2 is 1.73 bits per heavy atom. The summed E-state index contributed by atoms with van der Waals surface area (Å²) >= 11 is 0. The molecular weight excluding hydrogens is 332 g/mol. The van der Waals surface area contributed by atoms with Gasteiger partial charge in [-0.3, -0.25) is 4.79 Å². The van der Waals surface area contributed by atoms with Crippen molar-refractivity contribution in [3.8, 4) is 17.2 Å². The number of rotatable bonds is 7. The first kappa shape index (κ1) is 17.5. The average Bonchev–Trinajstić information content (AvgIpc) is 3.08. The quantitative estimate of drug-likeness (QED) is 0.661. The summed E-state index contributed by atoms with van der Waals surface area (Å²) in [5.41, 5.74) is 1.66. The molecule has 7 nitrogen and oxygen atoms in total. The van der Waals surface area contributed by atoms with Gasteiger partial charge in [0.25, 0.3) is 5.91 Å². The molecule has 0 bridgehead atoms. The smallest absolute Gasteiger partial charge is 0.273 e. The van der Waals surface area contributed by atoms with E-state index in [1.165, 1.54) is 4.80 Å². The Hall–Kier alpha value is -3.35. The van der Waals surface area contributed by atoms with Gasteiger partial charge in [0, 0.05) is 0 Å². The van der Waals surface area contributed by atoms with Crippen LogP contribution in [0.5, 0.6) is 11.5 Å². The molecule has 0 radical (unpaired) electrons. The Kier molecular flexibility index (Phi) is 5.48. The fourth-order valence-corrected chi connectivity index (χ4v) is 2.41. The molecule has 1 heterocycles. The van der Waals surface area contributed by atoms with Gasteiger partial charge in [-0.05, 0) is 31.2 Å². The number of aryl methyl sites for hydroxylation is 1. The van der Waals surface area contributed by atoms with Gasteiger partial charge in [0.15, 0.2) is 17.2 Å². The molecule has 2 aromatic carbocycles. The van der Waals surface area contributed by atoms with Gasteiger partial charge in [0.05, 0.1) is 25.0 Å². The minimum Gasteiger partial charge on any atom is -0.493 e. The lowest BCUT2D eigenvalue weighted by Crippen LogP contribution is -2.29. The van der Waals surface area contributed by atoms with Gasteiger partial charge >= 0.3 is 0 Å². The Morgan fingerprint density at radius 1 is 1.04 bits per heavy atom. The third-order valence-corrected chi connectivity index (χ3v) is 3.70. The largest absolute Gasteiger partial charge is 0.493 e. The van der Waals surface area contributed by atoms with E-state index < -0.39 is 0 Å². The van der Waals surface area contributed by atoms with Gasteiger partial charge < -0.3 is 14.8 Å². The Bertz CT molecular complexity index is 878. The molecule has 26 heavy (non-hydrogen) atoms. The molecule has 0 saturated heterocycles. The first-order chi connectivity index (χ1) is 12.7. The van der Waals surface area contributed by atoms with Crippen molar-refractivity contribution in [2.75, 3.05) is 20.3 Å². The van der Waals surface area contributed by atoms with E-state index in [-0.39, 0.29) is 5.91 Å². The third kappa shape index (κ3) is 4.00. The SMILES string of the molecule is COc1ccccc1OCCNC(=O)c1nn(-c2ccccc2)nc1C. The lowest BCUT2D eigenvalue weighted by atomic mass is 10.3. The predicted octanol–water partition coefficient (Wildman–Crippen LogP) is 2.39. The molecule has 0 fully saturated rings. The van der Waals surface area contributed by atoms with E-state index in [0.717, 1.165) is 5.69 Å². The van der Waals surface area contributed by atoms with Crippen LogP contribution in [-0.4, -0.2) is 41.2 Å². The number of methoxy groups -OCH3 is 1. The van der Waals surface area contributed by atoms with E-state index in [0.29, 0.717) is 36.0 Å². The zero-order valence-corrected chi connectivity index (χ0v) is 14.7. The number of ether oxygens (including phenoxy) is 2. The van der Waals surface area contributed by atoms with E-state index >= 15 is 0 Å². The van der Waals surface area contributed by atoms with Crippen LogP contribution in [0, 0.1) is 6.92 Å². The minimum absolute atomic E-state index is 0.284. The molecule has 0 atom stereocenters. The fraction of sp³-hybridized carbons (Fsp3) is 0.211. The lowest BCUT2D eigenvalue weighted by molar-refractivity contribution is 0.0941. The molecule has 1 N–H and O–H groups in total. The summed E-state index contributed by atoms with van der Waals surface area (Å²) in [4.78, 5) is 13.8. The molecule has 1 aromatic heterocycles. The van der Waals surface area contributed by atoms with Crippen LogP contribution in [-0.2, 0) is 0 Å². The van der Waals surface area contributed by atoms with Crippen molar-refractivity contribution in [3.05, 3.63) is 66.0 Å².